The molecule has 11 heavy (non-hydrogen) atoms. The molecule has 66 valence electrons. The molecule has 0 bridgehead atoms. The highest BCUT2D eigenvalue weighted by atomic mass is 16.3. The second-order valence-electron chi connectivity index (χ2n) is 3.94. The summed E-state index contributed by atoms with van der Waals surface area (Å²) in [6.45, 7) is 8.20. The van der Waals surface area contributed by atoms with Crippen LogP contribution in [-0.4, -0.2) is 34.7 Å². The lowest BCUT2D eigenvalue weighted by molar-refractivity contribution is -0.000622. The van der Waals surface area contributed by atoms with Gasteiger partial charge >= 0.3 is 0 Å². The van der Waals surface area contributed by atoms with Gasteiger partial charge in [-0.1, -0.05) is 6.92 Å². The lowest BCUT2D eigenvalue weighted by atomic mass is 9.97. The zero-order chi connectivity index (χ0) is 8.48. The molecule has 0 saturated carbocycles. The zero-order valence-corrected chi connectivity index (χ0v) is 7.80. The fourth-order valence-electron chi connectivity index (χ4n) is 2.00. The van der Waals surface area contributed by atoms with Gasteiger partial charge in [0.15, 0.2) is 0 Å². The minimum Gasteiger partial charge on any atom is -0.389 e. The Hall–Kier alpha value is -0.0800. The lowest BCUT2D eigenvalue weighted by Gasteiger charge is -2.32. The van der Waals surface area contributed by atoms with Crippen LogP contribution >= 0.6 is 0 Å². The van der Waals surface area contributed by atoms with Crippen LogP contribution in [0.5, 0.6) is 0 Å². The van der Waals surface area contributed by atoms with E-state index in [1.807, 2.05) is 13.8 Å². The SMILES string of the molecule is CCN1CCCC1C(C)(C)O. The molecule has 1 aliphatic heterocycles. The summed E-state index contributed by atoms with van der Waals surface area (Å²) < 4.78 is 0. The average Bonchev–Trinajstić information content (AvgIpc) is 2.31. The number of hydrogen-bond acceptors (Lipinski definition) is 2. The van der Waals surface area contributed by atoms with E-state index in [9.17, 15) is 5.11 Å². The molecule has 2 nitrogen and oxygen atoms in total. The minimum absolute atomic E-state index is 0.382. The van der Waals surface area contributed by atoms with Crippen LogP contribution in [0, 0.1) is 0 Å². The standard InChI is InChI=1S/C9H19NO/c1-4-10-7-5-6-8(10)9(2,3)11/h8,11H,4-7H2,1-3H3. The van der Waals surface area contributed by atoms with Crippen molar-refractivity contribution in [2.45, 2.75) is 45.3 Å². The fraction of sp³-hybridized carbons (Fsp3) is 1.00. The third kappa shape index (κ3) is 1.94. The Kier molecular flexibility index (Phi) is 2.55. The zero-order valence-electron chi connectivity index (χ0n) is 7.80. The molecule has 1 fully saturated rings. The maximum absolute atomic E-state index is 9.78. The Bertz CT molecular complexity index is 128. The number of rotatable bonds is 2. The molecule has 0 aromatic heterocycles. The first-order valence-corrected chi connectivity index (χ1v) is 4.52. The fourth-order valence-corrected chi connectivity index (χ4v) is 2.00. The summed E-state index contributed by atoms with van der Waals surface area (Å²) in [5, 5.41) is 9.78. The van der Waals surface area contributed by atoms with Crippen molar-refractivity contribution in [3.8, 4) is 0 Å². The second-order valence-corrected chi connectivity index (χ2v) is 3.94. The van der Waals surface area contributed by atoms with Crippen molar-refractivity contribution >= 4 is 0 Å². The summed E-state index contributed by atoms with van der Waals surface area (Å²) >= 11 is 0. The Morgan fingerprint density at radius 3 is 2.55 bits per heavy atom. The van der Waals surface area contributed by atoms with Crippen molar-refractivity contribution in [3.05, 3.63) is 0 Å². The third-order valence-electron chi connectivity index (χ3n) is 2.59. The summed E-state index contributed by atoms with van der Waals surface area (Å²) in [5.74, 6) is 0. The van der Waals surface area contributed by atoms with Gasteiger partial charge in [-0.25, -0.2) is 0 Å². The molecule has 1 atom stereocenters. The summed E-state index contributed by atoms with van der Waals surface area (Å²) in [5.41, 5.74) is -0.521. The summed E-state index contributed by atoms with van der Waals surface area (Å²) in [4.78, 5) is 2.36. The second kappa shape index (κ2) is 3.11. The van der Waals surface area contributed by atoms with E-state index >= 15 is 0 Å². The maximum Gasteiger partial charge on any atom is 0.0746 e. The van der Waals surface area contributed by atoms with Crippen molar-refractivity contribution in [1.82, 2.24) is 4.90 Å². The van der Waals surface area contributed by atoms with Crippen LogP contribution in [0.4, 0.5) is 0 Å². The van der Waals surface area contributed by atoms with Crippen LogP contribution < -0.4 is 0 Å². The van der Waals surface area contributed by atoms with Crippen molar-refractivity contribution in [3.63, 3.8) is 0 Å². The number of hydrogen-bond donors (Lipinski definition) is 1. The quantitative estimate of drug-likeness (QED) is 0.652. The topological polar surface area (TPSA) is 23.5 Å². The Labute approximate surface area is 69.2 Å². The highest BCUT2D eigenvalue weighted by molar-refractivity contribution is 4.89. The Morgan fingerprint density at radius 2 is 2.18 bits per heavy atom. The van der Waals surface area contributed by atoms with Crippen molar-refractivity contribution in [2.24, 2.45) is 0 Å². The normalized spacial score (nSPS) is 27.8. The predicted octanol–water partition coefficient (Wildman–Crippen LogP) is 1.24. The van der Waals surface area contributed by atoms with E-state index in [4.69, 9.17) is 0 Å². The smallest absolute Gasteiger partial charge is 0.0746 e. The molecule has 0 aromatic carbocycles. The van der Waals surface area contributed by atoms with Gasteiger partial charge < -0.3 is 5.11 Å². The van der Waals surface area contributed by atoms with E-state index in [1.165, 1.54) is 6.42 Å². The predicted molar refractivity (Wildman–Crippen MR) is 46.6 cm³/mol. The van der Waals surface area contributed by atoms with E-state index in [1.54, 1.807) is 0 Å². The molecule has 1 heterocycles. The van der Waals surface area contributed by atoms with E-state index in [0.29, 0.717) is 6.04 Å². The monoisotopic (exact) mass is 157 g/mol. The van der Waals surface area contributed by atoms with Crippen molar-refractivity contribution < 1.29 is 5.11 Å². The minimum atomic E-state index is -0.521. The van der Waals surface area contributed by atoms with Crippen molar-refractivity contribution in [2.75, 3.05) is 13.1 Å². The summed E-state index contributed by atoms with van der Waals surface area (Å²) in [7, 11) is 0. The van der Waals surface area contributed by atoms with Crippen LogP contribution in [0.25, 0.3) is 0 Å². The lowest BCUT2D eigenvalue weighted by Crippen LogP contribution is -2.45. The number of aliphatic hydroxyl groups is 1. The third-order valence-corrected chi connectivity index (χ3v) is 2.59. The first kappa shape index (κ1) is 9.01. The molecule has 1 unspecified atom stereocenters. The largest absolute Gasteiger partial charge is 0.389 e. The molecular weight excluding hydrogens is 138 g/mol. The summed E-state index contributed by atoms with van der Waals surface area (Å²) in [6, 6.07) is 0.382. The Morgan fingerprint density at radius 1 is 1.55 bits per heavy atom. The molecule has 0 spiro atoms. The number of likely N-dealkylation sites (N-methyl/N-ethyl adjacent to an activating group) is 1. The maximum atomic E-state index is 9.78. The summed E-state index contributed by atoms with van der Waals surface area (Å²) in [6.07, 6.45) is 2.39. The molecule has 0 aliphatic carbocycles. The van der Waals surface area contributed by atoms with E-state index in [0.717, 1.165) is 19.5 Å². The molecule has 1 N–H and O–H groups in total. The van der Waals surface area contributed by atoms with E-state index in [2.05, 4.69) is 11.8 Å². The van der Waals surface area contributed by atoms with Crippen molar-refractivity contribution in [1.29, 1.82) is 0 Å². The van der Waals surface area contributed by atoms with Crippen LogP contribution in [0.3, 0.4) is 0 Å². The van der Waals surface area contributed by atoms with Crippen LogP contribution in [0.2, 0.25) is 0 Å². The highest BCUT2D eigenvalue weighted by Crippen LogP contribution is 2.25. The number of nitrogens with zero attached hydrogens (tertiary/aromatic N) is 1. The number of likely N-dealkylation sites (tertiary alicyclic amines) is 1. The first-order chi connectivity index (χ1) is 5.05. The van der Waals surface area contributed by atoms with Crippen LogP contribution in [-0.2, 0) is 0 Å². The molecule has 2 heteroatoms. The van der Waals surface area contributed by atoms with E-state index < -0.39 is 5.60 Å². The molecule has 0 radical (unpaired) electrons. The van der Waals surface area contributed by atoms with E-state index in [-0.39, 0.29) is 0 Å². The van der Waals surface area contributed by atoms with Gasteiger partial charge in [-0.3, -0.25) is 4.90 Å². The molecule has 1 rings (SSSR count). The van der Waals surface area contributed by atoms with Gasteiger partial charge in [0.2, 0.25) is 0 Å². The van der Waals surface area contributed by atoms with Gasteiger partial charge in [0.05, 0.1) is 5.60 Å². The van der Waals surface area contributed by atoms with Gasteiger partial charge in [-0.15, -0.1) is 0 Å². The van der Waals surface area contributed by atoms with Gasteiger partial charge in [-0.05, 0) is 39.8 Å². The van der Waals surface area contributed by atoms with Crippen LogP contribution in [0.15, 0.2) is 0 Å². The highest BCUT2D eigenvalue weighted by Gasteiger charge is 2.34. The molecule has 1 saturated heterocycles. The molecule has 0 amide bonds. The van der Waals surface area contributed by atoms with Gasteiger partial charge in [0.1, 0.15) is 0 Å². The van der Waals surface area contributed by atoms with Gasteiger partial charge in [0.25, 0.3) is 0 Å². The average molecular weight is 157 g/mol. The molecule has 1 aliphatic rings. The molecular formula is C9H19NO. The van der Waals surface area contributed by atoms with Gasteiger partial charge in [-0.2, -0.15) is 0 Å². The first-order valence-electron chi connectivity index (χ1n) is 4.52. The van der Waals surface area contributed by atoms with Crippen LogP contribution in [0.1, 0.15) is 33.6 Å². The molecule has 0 aromatic rings. The Balaban J connectivity index is 2.57. The van der Waals surface area contributed by atoms with Gasteiger partial charge in [0, 0.05) is 6.04 Å².